The number of carbonyl (C=O) groups is 2. The van der Waals surface area contributed by atoms with Crippen LogP contribution in [0, 0.1) is 11.3 Å². The van der Waals surface area contributed by atoms with Crippen LogP contribution in [0.5, 0.6) is 0 Å². The summed E-state index contributed by atoms with van der Waals surface area (Å²) in [7, 11) is 0. The van der Waals surface area contributed by atoms with Crippen LogP contribution in [0.3, 0.4) is 0 Å². The predicted octanol–water partition coefficient (Wildman–Crippen LogP) is 0.808. The Morgan fingerprint density at radius 1 is 1.19 bits per heavy atom. The largest absolute Gasteiger partial charge is 0.388 e. The van der Waals surface area contributed by atoms with E-state index < -0.39 is 17.1 Å². The Balaban J connectivity index is 1.45. The van der Waals surface area contributed by atoms with E-state index in [1.54, 1.807) is 42.2 Å². The Kier molecular flexibility index (Phi) is 5.08. The number of aromatic nitrogens is 2. The fourth-order valence-electron chi connectivity index (χ4n) is 3.71. The molecule has 4 rings (SSSR count). The number of nitrogens with one attached hydrogen (secondary N) is 1. The molecule has 1 aromatic carbocycles. The SMILES string of the molecule is CC1(O)CCN(C(=O)c2ccc(Nc3nccc(N4CC[C@](O)(C#N)C4=O)n3)cc2)C1. The smallest absolute Gasteiger partial charge is 0.275 e. The van der Waals surface area contributed by atoms with Crippen LogP contribution in [-0.4, -0.2) is 67.7 Å². The van der Waals surface area contributed by atoms with Crippen molar-refractivity contribution >= 4 is 29.3 Å². The summed E-state index contributed by atoms with van der Waals surface area (Å²) in [4.78, 5) is 36.2. The first-order valence-corrected chi connectivity index (χ1v) is 9.88. The van der Waals surface area contributed by atoms with Crippen LogP contribution >= 0.6 is 0 Å². The second-order valence-electron chi connectivity index (χ2n) is 8.09. The lowest BCUT2D eigenvalue weighted by Gasteiger charge is -2.19. The van der Waals surface area contributed by atoms with Crippen LogP contribution in [-0.2, 0) is 4.79 Å². The average Bonchev–Trinajstić information content (AvgIpc) is 3.27. The number of hydrogen-bond acceptors (Lipinski definition) is 8. The van der Waals surface area contributed by atoms with Crippen molar-refractivity contribution in [3.8, 4) is 6.07 Å². The molecule has 0 spiro atoms. The molecule has 2 amide bonds. The Morgan fingerprint density at radius 2 is 1.94 bits per heavy atom. The maximum absolute atomic E-state index is 12.6. The second-order valence-corrected chi connectivity index (χ2v) is 8.09. The summed E-state index contributed by atoms with van der Waals surface area (Å²) < 4.78 is 0. The normalized spacial score (nSPS) is 25.5. The average molecular weight is 422 g/mol. The molecule has 0 radical (unpaired) electrons. The van der Waals surface area contributed by atoms with Gasteiger partial charge in [-0.05, 0) is 43.7 Å². The highest BCUT2D eigenvalue weighted by atomic mass is 16.3. The van der Waals surface area contributed by atoms with Crippen LogP contribution < -0.4 is 10.2 Å². The van der Waals surface area contributed by atoms with E-state index >= 15 is 0 Å². The number of β-amino-alcohol motifs (C(OH)–C–C–N with tert-alkyl or cyclic N) is 1. The number of amides is 2. The van der Waals surface area contributed by atoms with E-state index in [0.717, 1.165) is 0 Å². The van der Waals surface area contributed by atoms with Crippen molar-refractivity contribution in [1.29, 1.82) is 5.26 Å². The van der Waals surface area contributed by atoms with Crippen LogP contribution in [0.1, 0.15) is 30.1 Å². The molecule has 31 heavy (non-hydrogen) atoms. The number of aliphatic hydroxyl groups is 2. The van der Waals surface area contributed by atoms with Crippen molar-refractivity contribution in [3.63, 3.8) is 0 Å². The van der Waals surface area contributed by atoms with Crippen LogP contribution in [0.4, 0.5) is 17.5 Å². The molecule has 1 unspecified atom stereocenters. The number of likely N-dealkylation sites (tertiary alicyclic amines) is 1. The van der Waals surface area contributed by atoms with Crippen molar-refractivity contribution in [3.05, 3.63) is 42.1 Å². The highest BCUT2D eigenvalue weighted by Gasteiger charge is 2.46. The van der Waals surface area contributed by atoms with Crippen molar-refractivity contribution in [2.24, 2.45) is 0 Å². The maximum Gasteiger partial charge on any atom is 0.275 e. The number of benzene rings is 1. The highest BCUT2D eigenvalue weighted by molar-refractivity contribution is 6.03. The summed E-state index contributed by atoms with van der Waals surface area (Å²) >= 11 is 0. The number of nitriles is 1. The standard InChI is InChI=1S/C21H22N6O4/c1-20(30)7-10-26(13-20)17(28)14-2-4-15(5-3-14)24-19-23-9-6-16(25-19)27-11-8-21(31,12-22)18(27)29/h2-6,9,30-31H,7-8,10-11,13H2,1H3,(H,23,24,25)/t20?,21-/m0/s1. The van der Waals surface area contributed by atoms with Crippen LogP contribution in [0.25, 0.3) is 0 Å². The van der Waals surface area contributed by atoms with Crippen molar-refractivity contribution in [1.82, 2.24) is 14.9 Å². The molecule has 0 bridgehead atoms. The first kappa shape index (κ1) is 20.7. The van der Waals surface area contributed by atoms with Gasteiger partial charge in [0, 0.05) is 43.5 Å². The molecular formula is C21H22N6O4. The van der Waals surface area contributed by atoms with Gasteiger partial charge in [-0.15, -0.1) is 0 Å². The van der Waals surface area contributed by atoms with E-state index in [1.165, 1.54) is 17.2 Å². The van der Waals surface area contributed by atoms with E-state index in [9.17, 15) is 19.8 Å². The minimum absolute atomic E-state index is 0.0110. The third-order valence-electron chi connectivity index (χ3n) is 5.53. The van der Waals surface area contributed by atoms with Gasteiger partial charge in [-0.25, -0.2) is 4.98 Å². The van der Waals surface area contributed by atoms with E-state index in [2.05, 4.69) is 15.3 Å². The van der Waals surface area contributed by atoms with Gasteiger partial charge in [0.25, 0.3) is 11.8 Å². The van der Waals surface area contributed by atoms with Gasteiger partial charge in [0.2, 0.25) is 11.5 Å². The zero-order valence-electron chi connectivity index (χ0n) is 16.9. The number of hydrogen-bond donors (Lipinski definition) is 3. The zero-order chi connectivity index (χ0) is 22.2. The van der Waals surface area contributed by atoms with Gasteiger partial charge < -0.3 is 20.4 Å². The van der Waals surface area contributed by atoms with E-state index in [0.29, 0.717) is 30.8 Å². The molecule has 2 aliphatic rings. The summed E-state index contributed by atoms with van der Waals surface area (Å²) in [5.74, 6) is -0.336. The second kappa shape index (κ2) is 7.61. The molecule has 3 N–H and O–H groups in total. The number of carbonyl (C=O) groups excluding carboxylic acids is 2. The van der Waals surface area contributed by atoms with Gasteiger partial charge in [0.1, 0.15) is 11.9 Å². The highest BCUT2D eigenvalue weighted by Crippen LogP contribution is 2.27. The number of nitrogens with zero attached hydrogens (tertiary/aromatic N) is 5. The molecule has 2 saturated heterocycles. The molecular weight excluding hydrogens is 400 g/mol. The minimum Gasteiger partial charge on any atom is -0.388 e. The third-order valence-corrected chi connectivity index (χ3v) is 5.53. The lowest BCUT2D eigenvalue weighted by Crippen LogP contribution is -2.39. The van der Waals surface area contributed by atoms with E-state index in [-0.39, 0.29) is 30.6 Å². The topological polar surface area (TPSA) is 143 Å². The zero-order valence-corrected chi connectivity index (χ0v) is 16.9. The fourth-order valence-corrected chi connectivity index (χ4v) is 3.71. The quantitative estimate of drug-likeness (QED) is 0.614. The third kappa shape index (κ3) is 4.05. The molecule has 1 aromatic heterocycles. The Morgan fingerprint density at radius 3 is 2.55 bits per heavy atom. The molecule has 2 atom stereocenters. The lowest BCUT2D eigenvalue weighted by molar-refractivity contribution is -0.128. The molecule has 0 saturated carbocycles. The minimum atomic E-state index is -2.02. The first-order chi connectivity index (χ1) is 14.7. The molecule has 2 aliphatic heterocycles. The molecule has 10 nitrogen and oxygen atoms in total. The van der Waals surface area contributed by atoms with Gasteiger partial charge in [0.15, 0.2) is 0 Å². The van der Waals surface area contributed by atoms with E-state index in [4.69, 9.17) is 5.26 Å². The van der Waals surface area contributed by atoms with Gasteiger partial charge >= 0.3 is 0 Å². The Hall–Kier alpha value is -3.55. The summed E-state index contributed by atoms with van der Waals surface area (Å²) in [5, 5.41) is 32.1. The van der Waals surface area contributed by atoms with Gasteiger partial charge in [0.05, 0.1) is 5.60 Å². The number of rotatable bonds is 4. The van der Waals surface area contributed by atoms with Crippen molar-refractivity contribution in [2.45, 2.75) is 31.0 Å². The summed E-state index contributed by atoms with van der Waals surface area (Å²) in [6, 6.07) is 9.96. The molecule has 160 valence electrons. The van der Waals surface area contributed by atoms with Gasteiger partial charge in [-0.3, -0.25) is 14.5 Å². The molecule has 10 heteroatoms. The summed E-state index contributed by atoms with van der Waals surface area (Å²) in [5.41, 5.74) is -1.72. The Bertz CT molecular complexity index is 1060. The van der Waals surface area contributed by atoms with Gasteiger partial charge in [-0.1, -0.05) is 0 Å². The van der Waals surface area contributed by atoms with Crippen LogP contribution in [0.2, 0.25) is 0 Å². The molecule has 0 aliphatic carbocycles. The maximum atomic E-state index is 12.6. The molecule has 3 heterocycles. The molecule has 2 fully saturated rings. The first-order valence-electron chi connectivity index (χ1n) is 9.88. The monoisotopic (exact) mass is 422 g/mol. The van der Waals surface area contributed by atoms with Crippen molar-refractivity contribution in [2.75, 3.05) is 29.9 Å². The Labute approximate surface area is 178 Å². The lowest BCUT2D eigenvalue weighted by atomic mass is 10.1. The predicted molar refractivity (Wildman–Crippen MR) is 110 cm³/mol. The summed E-state index contributed by atoms with van der Waals surface area (Å²) in [6.45, 7) is 2.72. The van der Waals surface area contributed by atoms with Gasteiger partial charge in [-0.2, -0.15) is 10.2 Å². The van der Waals surface area contributed by atoms with Crippen molar-refractivity contribution < 1.29 is 19.8 Å². The number of anilines is 3. The fraction of sp³-hybridized carbons (Fsp3) is 0.381. The van der Waals surface area contributed by atoms with E-state index in [1.807, 2.05) is 0 Å². The molecule has 2 aromatic rings. The van der Waals surface area contributed by atoms with Crippen LogP contribution in [0.15, 0.2) is 36.5 Å². The summed E-state index contributed by atoms with van der Waals surface area (Å²) in [6.07, 6.45) is 2.03.